The van der Waals surface area contributed by atoms with Crippen LogP contribution in [0.5, 0.6) is 0 Å². The highest BCUT2D eigenvalue weighted by atomic mass is 19.1. The summed E-state index contributed by atoms with van der Waals surface area (Å²) in [7, 11) is 0. The van der Waals surface area contributed by atoms with Crippen LogP contribution in [0.15, 0.2) is 60.8 Å². The van der Waals surface area contributed by atoms with Gasteiger partial charge in [0.25, 0.3) is 0 Å². The maximum absolute atomic E-state index is 13.2. The zero-order valence-electron chi connectivity index (χ0n) is 15.2. The summed E-state index contributed by atoms with van der Waals surface area (Å²) in [6.07, 6.45) is 1.44. The summed E-state index contributed by atoms with van der Waals surface area (Å²) in [6, 6.07) is 14.6. The Labute approximate surface area is 157 Å². The molecule has 27 heavy (non-hydrogen) atoms. The predicted octanol–water partition coefficient (Wildman–Crippen LogP) is 3.14. The van der Waals surface area contributed by atoms with Crippen molar-refractivity contribution < 1.29 is 9.18 Å². The third kappa shape index (κ3) is 6.39. The number of anilines is 2. The lowest BCUT2D eigenvalue weighted by atomic mass is 10.1. The van der Waals surface area contributed by atoms with Crippen LogP contribution >= 0.6 is 0 Å². The number of benzene rings is 2. The molecule has 1 amide bonds. The van der Waals surface area contributed by atoms with Gasteiger partial charge in [-0.1, -0.05) is 47.5 Å². The second kappa shape index (κ2) is 9.28. The first-order valence-corrected chi connectivity index (χ1v) is 8.28. The van der Waals surface area contributed by atoms with Crippen molar-refractivity contribution in [1.29, 1.82) is 0 Å². The van der Waals surface area contributed by atoms with E-state index in [1.807, 2.05) is 0 Å². The number of nitrogen functional groups attached to an aromatic ring is 1. The van der Waals surface area contributed by atoms with E-state index < -0.39 is 17.8 Å². The fourth-order valence-electron chi connectivity index (χ4n) is 2.38. The molecule has 0 saturated heterocycles. The van der Waals surface area contributed by atoms with E-state index in [-0.39, 0.29) is 11.8 Å². The van der Waals surface area contributed by atoms with Gasteiger partial charge in [0.2, 0.25) is 11.9 Å². The van der Waals surface area contributed by atoms with Crippen molar-refractivity contribution in [2.45, 2.75) is 19.9 Å². The number of aromatic nitrogens is 2. The Hall–Kier alpha value is -3.48. The van der Waals surface area contributed by atoms with Gasteiger partial charge in [-0.05, 0) is 37.6 Å². The summed E-state index contributed by atoms with van der Waals surface area (Å²) in [5.74, 6) is -0.733. The van der Waals surface area contributed by atoms with Crippen molar-refractivity contribution in [3.8, 4) is 0 Å². The van der Waals surface area contributed by atoms with Crippen molar-refractivity contribution in [2.24, 2.45) is 5.73 Å². The van der Waals surface area contributed by atoms with Crippen LogP contribution in [0.4, 0.5) is 16.2 Å². The molecule has 0 fully saturated rings. The van der Waals surface area contributed by atoms with Gasteiger partial charge < -0.3 is 16.8 Å². The zero-order chi connectivity index (χ0) is 19.8. The van der Waals surface area contributed by atoms with Crippen LogP contribution in [0.2, 0.25) is 0 Å². The highest BCUT2D eigenvalue weighted by molar-refractivity contribution is 5.84. The van der Waals surface area contributed by atoms with Crippen LogP contribution in [0, 0.1) is 19.7 Å². The first kappa shape index (κ1) is 19.8. The maximum atomic E-state index is 13.2. The summed E-state index contributed by atoms with van der Waals surface area (Å²) in [4.78, 5) is 19.3. The van der Waals surface area contributed by atoms with E-state index in [0.717, 1.165) is 0 Å². The van der Waals surface area contributed by atoms with Gasteiger partial charge in [-0.15, -0.1) is 0 Å². The Morgan fingerprint density at radius 3 is 2.26 bits per heavy atom. The van der Waals surface area contributed by atoms with E-state index in [1.54, 1.807) is 6.07 Å². The summed E-state index contributed by atoms with van der Waals surface area (Å²) in [5, 5.41) is 2.72. The number of nitrogens with one attached hydrogen (secondary N) is 1. The summed E-state index contributed by atoms with van der Waals surface area (Å²) >= 11 is 0. The Bertz CT molecular complexity index is 899. The van der Waals surface area contributed by atoms with E-state index in [4.69, 9.17) is 11.5 Å². The van der Waals surface area contributed by atoms with Crippen LogP contribution in [-0.2, 0) is 4.79 Å². The molecule has 5 N–H and O–H groups in total. The zero-order valence-corrected chi connectivity index (χ0v) is 15.2. The van der Waals surface area contributed by atoms with Crippen LogP contribution in [-0.4, -0.2) is 15.9 Å². The lowest BCUT2D eigenvalue weighted by Crippen LogP contribution is -2.28. The molecule has 1 atom stereocenters. The molecule has 7 heteroatoms. The molecule has 0 spiro atoms. The molecule has 0 saturated carbocycles. The van der Waals surface area contributed by atoms with E-state index in [9.17, 15) is 9.18 Å². The normalized spacial score (nSPS) is 11.1. The van der Waals surface area contributed by atoms with Crippen LogP contribution in [0.3, 0.4) is 0 Å². The second-order valence-corrected chi connectivity index (χ2v) is 6.00. The lowest BCUT2D eigenvalue weighted by molar-refractivity contribution is -0.118. The van der Waals surface area contributed by atoms with Crippen molar-refractivity contribution in [1.82, 2.24) is 9.97 Å². The fourth-order valence-corrected chi connectivity index (χ4v) is 2.38. The van der Waals surface area contributed by atoms with Gasteiger partial charge in [0, 0.05) is 6.20 Å². The number of aryl methyl sites for hydroxylation is 2. The van der Waals surface area contributed by atoms with Crippen molar-refractivity contribution in [2.75, 3.05) is 11.1 Å². The number of nitrogens with two attached hydrogens (primary N) is 2. The molecule has 3 aromatic rings. The summed E-state index contributed by atoms with van der Waals surface area (Å²) in [6.45, 7) is 4.21. The summed E-state index contributed by atoms with van der Waals surface area (Å²) in [5.41, 5.74) is 13.9. The second-order valence-electron chi connectivity index (χ2n) is 6.00. The molecule has 6 nitrogen and oxygen atoms in total. The van der Waals surface area contributed by atoms with Gasteiger partial charge in [0.15, 0.2) is 0 Å². The van der Waals surface area contributed by atoms with Gasteiger partial charge in [-0.3, -0.25) is 4.79 Å². The first-order valence-electron chi connectivity index (χ1n) is 8.28. The quantitative estimate of drug-likeness (QED) is 0.657. The number of nitrogens with zero attached hydrogens (tertiary/aromatic N) is 2. The molecule has 1 aromatic heterocycles. The highest BCUT2D eigenvalue weighted by Crippen LogP contribution is 2.18. The lowest BCUT2D eigenvalue weighted by Gasteiger charge is -2.15. The Morgan fingerprint density at radius 1 is 1.07 bits per heavy atom. The molecule has 0 radical (unpaired) electrons. The monoisotopic (exact) mass is 367 g/mol. The molecule has 0 aliphatic rings. The topological polar surface area (TPSA) is 107 Å². The van der Waals surface area contributed by atoms with Crippen molar-refractivity contribution in [3.05, 3.63) is 83.3 Å². The third-order valence-electron chi connectivity index (χ3n) is 3.59. The van der Waals surface area contributed by atoms with E-state index >= 15 is 0 Å². The number of hydrogen-bond acceptors (Lipinski definition) is 5. The minimum absolute atomic E-state index is 0.146. The number of amides is 1. The van der Waals surface area contributed by atoms with Crippen LogP contribution in [0.25, 0.3) is 0 Å². The van der Waals surface area contributed by atoms with Crippen molar-refractivity contribution >= 4 is 17.7 Å². The third-order valence-corrected chi connectivity index (χ3v) is 3.59. The standard InChI is InChI=1S/C12H12FN5O.C8H10/c13-8-3-1-2-7(6-8)10(11(15)19)18-12-16-5-4-9(14)17-12;1-7-4-3-5-8(2)6-7/h1-6,10H,(H2,15,19)(H3,14,16,17,18);3-6H,1-2H3. The van der Waals surface area contributed by atoms with Gasteiger partial charge in [0.05, 0.1) is 0 Å². The highest BCUT2D eigenvalue weighted by Gasteiger charge is 2.19. The average Bonchev–Trinajstić information content (AvgIpc) is 2.60. The van der Waals surface area contributed by atoms with E-state index in [2.05, 4.69) is 53.4 Å². The average molecular weight is 367 g/mol. The predicted molar refractivity (Wildman–Crippen MR) is 104 cm³/mol. The summed E-state index contributed by atoms with van der Waals surface area (Å²) < 4.78 is 13.2. The molecule has 3 rings (SSSR count). The van der Waals surface area contributed by atoms with E-state index in [1.165, 1.54) is 41.6 Å². The number of rotatable bonds is 4. The molecule has 2 aromatic carbocycles. The molecular formula is C20H22FN5O. The molecule has 0 bridgehead atoms. The number of carbonyl (C=O) groups is 1. The number of carbonyl (C=O) groups excluding carboxylic acids is 1. The van der Waals surface area contributed by atoms with Crippen LogP contribution < -0.4 is 16.8 Å². The van der Waals surface area contributed by atoms with E-state index in [0.29, 0.717) is 5.56 Å². The number of hydrogen-bond donors (Lipinski definition) is 3. The van der Waals surface area contributed by atoms with Gasteiger partial charge >= 0.3 is 0 Å². The number of halogens is 1. The Balaban J connectivity index is 0.000000273. The minimum Gasteiger partial charge on any atom is -0.384 e. The molecular weight excluding hydrogens is 345 g/mol. The largest absolute Gasteiger partial charge is 0.384 e. The molecule has 1 heterocycles. The Kier molecular flexibility index (Phi) is 6.82. The fraction of sp³-hybridized carbons (Fsp3) is 0.150. The number of primary amides is 1. The SMILES string of the molecule is Cc1cccc(C)c1.NC(=O)C(Nc1nccc(N)n1)c1cccc(F)c1. The molecule has 0 aliphatic heterocycles. The van der Waals surface area contributed by atoms with Crippen molar-refractivity contribution in [3.63, 3.8) is 0 Å². The maximum Gasteiger partial charge on any atom is 0.244 e. The molecule has 1 unspecified atom stereocenters. The molecule has 0 aliphatic carbocycles. The minimum atomic E-state index is -0.933. The Morgan fingerprint density at radius 2 is 1.74 bits per heavy atom. The van der Waals surface area contributed by atoms with Gasteiger partial charge in [0.1, 0.15) is 17.7 Å². The molecule has 140 valence electrons. The smallest absolute Gasteiger partial charge is 0.244 e. The van der Waals surface area contributed by atoms with Crippen LogP contribution in [0.1, 0.15) is 22.7 Å². The first-order chi connectivity index (χ1) is 12.8. The van der Waals surface area contributed by atoms with Gasteiger partial charge in [-0.2, -0.15) is 4.98 Å². The van der Waals surface area contributed by atoms with Gasteiger partial charge in [-0.25, -0.2) is 9.37 Å².